The number of carboxylic acids is 1. The quantitative estimate of drug-likeness (QED) is 0.803. The van der Waals surface area contributed by atoms with E-state index in [-0.39, 0.29) is 5.92 Å². The summed E-state index contributed by atoms with van der Waals surface area (Å²) in [4.78, 5) is 15.6. The topological polar surface area (TPSA) is 76.2 Å². The van der Waals surface area contributed by atoms with Crippen LogP contribution in [0.4, 0.5) is 0 Å². The molecule has 1 aliphatic rings. The second-order valence-corrected chi connectivity index (χ2v) is 6.80. The normalized spacial score (nSPS) is 26.5. The summed E-state index contributed by atoms with van der Waals surface area (Å²) in [5.41, 5.74) is 5.00. The average Bonchev–Trinajstić information content (AvgIpc) is 2.75. The third-order valence-electron chi connectivity index (χ3n) is 3.70. The molecule has 3 N–H and O–H groups in total. The molecule has 0 aliphatic heterocycles. The molecule has 0 amide bonds. The van der Waals surface area contributed by atoms with Gasteiger partial charge in [-0.25, -0.2) is 4.98 Å². The summed E-state index contributed by atoms with van der Waals surface area (Å²) < 4.78 is 0.976. The van der Waals surface area contributed by atoms with Crippen molar-refractivity contribution in [3.63, 3.8) is 0 Å². The van der Waals surface area contributed by atoms with Crippen LogP contribution in [0, 0.1) is 5.92 Å². The third kappa shape index (κ3) is 3.30. The molecule has 6 heteroatoms. The van der Waals surface area contributed by atoms with Crippen molar-refractivity contribution in [2.75, 3.05) is 5.75 Å². The molecule has 1 aliphatic carbocycles. The molecule has 1 aromatic heterocycles. The Balaban J connectivity index is 1.89. The van der Waals surface area contributed by atoms with Gasteiger partial charge in [-0.05, 0) is 59.0 Å². The van der Waals surface area contributed by atoms with Gasteiger partial charge in [0.1, 0.15) is 10.6 Å². The number of pyridine rings is 1. The molecule has 0 bridgehead atoms. The first-order valence-electron chi connectivity index (χ1n) is 6.29. The van der Waals surface area contributed by atoms with Crippen molar-refractivity contribution < 1.29 is 9.90 Å². The van der Waals surface area contributed by atoms with E-state index < -0.39 is 11.5 Å². The molecule has 1 saturated carbocycles. The van der Waals surface area contributed by atoms with Crippen LogP contribution in [0.5, 0.6) is 0 Å². The van der Waals surface area contributed by atoms with Gasteiger partial charge >= 0.3 is 5.97 Å². The summed E-state index contributed by atoms with van der Waals surface area (Å²) in [7, 11) is 0. The van der Waals surface area contributed by atoms with Crippen molar-refractivity contribution in [1.29, 1.82) is 0 Å². The lowest BCUT2D eigenvalue weighted by molar-refractivity contribution is -0.144. The summed E-state index contributed by atoms with van der Waals surface area (Å²) in [6.45, 7) is 0. The lowest BCUT2D eigenvalue weighted by Crippen LogP contribution is -2.51. The van der Waals surface area contributed by atoms with Crippen LogP contribution in [-0.4, -0.2) is 27.4 Å². The number of aliphatic carboxylic acids is 1. The summed E-state index contributed by atoms with van der Waals surface area (Å²) in [6.07, 6.45) is 4.98. The molecule has 2 unspecified atom stereocenters. The number of nitrogens with two attached hydrogens (primary N) is 1. The Labute approximate surface area is 125 Å². The molecule has 104 valence electrons. The summed E-state index contributed by atoms with van der Waals surface area (Å²) in [5.74, 6) is 0.0472. The first kappa shape index (κ1) is 14.8. The Morgan fingerprint density at radius 2 is 2.47 bits per heavy atom. The SMILES string of the molecule is NC1(C(=O)O)CCCC1CCSc1ncccc1Br. The van der Waals surface area contributed by atoms with E-state index in [1.54, 1.807) is 18.0 Å². The van der Waals surface area contributed by atoms with Gasteiger partial charge in [-0.15, -0.1) is 11.8 Å². The Morgan fingerprint density at radius 1 is 1.68 bits per heavy atom. The van der Waals surface area contributed by atoms with Crippen molar-refractivity contribution in [2.24, 2.45) is 11.7 Å². The van der Waals surface area contributed by atoms with Crippen LogP contribution < -0.4 is 5.73 Å². The summed E-state index contributed by atoms with van der Waals surface area (Å²) in [5, 5.41) is 10.2. The first-order chi connectivity index (χ1) is 9.04. The second kappa shape index (κ2) is 6.24. The van der Waals surface area contributed by atoms with Gasteiger partial charge in [0.25, 0.3) is 0 Å². The number of hydrogen-bond acceptors (Lipinski definition) is 4. The van der Waals surface area contributed by atoms with Gasteiger partial charge < -0.3 is 10.8 Å². The fourth-order valence-corrected chi connectivity index (χ4v) is 4.10. The fraction of sp³-hybridized carbons (Fsp3) is 0.538. The smallest absolute Gasteiger partial charge is 0.323 e. The number of rotatable bonds is 5. The molecule has 19 heavy (non-hydrogen) atoms. The minimum Gasteiger partial charge on any atom is -0.480 e. The molecule has 1 aromatic rings. The maximum atomic E-state index is 11.3. The van der Waals surface area contributed by atoms with Crippen LogP contribution in [0.15, 0.2) is 27.8 Å². The minimum absolute atomic E-state index is 0.0694. The zero-order chi connectivity index (χ0) is 13.9. The lowest BCUT2D eigenvalue weighted by atomic mass is 9.86. The molecular weight excluding hydrogens is 328 g/mol. The number of thioether (sulfide) groups is 1. The van der Waals surface area contributed by atoms with E-state index in [2.05, 4.69) is 20.9 Å². The van der Waals surface area contributed by atoms with Crippen LogP contribution in [0.25, 0.3) is 0 Å². The van der Waals surface area contributed by atoms with Crippen molar-refractivity contribution in [2.45, 2.75) is 36.2 Å². The number of carbonyl (C=O) groups is 1. The zero-order valence-corrected chi connectivity index (χ0v) is 12.9. The Hall–Kier alpha value is -0.590. The molecule has 0 radical (unpaired) electrons. The Kier molecular flexibility index (Phi) is 4.86. The maximum absolute atomic E-state index is 11.3. The van der Waals surface area contributed by atoms with E-state index in [4.69, 9.17) is 5.73 Å². The van der Waals surface area contributed by atoms with Gasteiger partial charge in [-0.2, -0.15) is 0 Å². The average molecular weight is 345 g/mol. The number of aromatic nitrogens is 1. The molecule has 2 rings (SSSR count). The summed E-state index contributed by atoms with van der Waals surface area (Å²) in [6, 6.07) is 3.83. The Bertz CT molecular complexity index is 472. The van der Waals surface area contributed by atoms with Gasteiger partial charge in [0.2, 0.25) is 0 Å². The van der Waals surface area contributed by atoms with E-state index in [0.717, 1.165) is 34.5 Å². The van der Waals surface area contributed by atoms with Crippen molar-refractivity contribution >= 4 is 33.7 Å². The van der Waals surface area contributed by atoms with Crippen molar-refractivity contribution in [3.8, 4) is 0 Å². The third-order valence-corrected chi connectivity index (χ3v) is 5.64. The molecule has 0 aromatic carbocycles. The van der Waals surface area contributed by atoms with Crippen molar-refractivity contribution in [3.05, 3.63) is 22.8 Å². The number of hydrogen-bond donors (Lipinski definition) is 2. The Morgan fingerprint density at radius 3 is 3.16 bits per heavy atom. The molecule has 4 nitrogen and oxygen atoms in total. The predicted octanol–water partition coefficient (Wildman–Crippen LogP) is 2.91. The first-order valence-corrected chi connectivity index (χ1v) is 8.07. The van der Waals surface area contributed by atoms with E-state index in [0.29, 0.717) is 6.42 Å². The van der Waals surface area contributed by atoms with E-state index in [1.165, 1.54) is 0 Å². The van der Waals surface area contributed by atoms with E-state index >= 15 is 0 Å². The zero-order valence-electron chi connectivity index (χ0n) is 10.5. The standard InChI is InChI=1S/C13H17BrN2O2S/c14-10-4-2-7-16-11(10)19-8-5-9-3-1-6-13(9,15)12(17)18/h2,4,7,9H,1,3,5-6,8,15H2,(H,17,18). The molecule has 1 fully saturated rings. The van der Waals surface area contributed by atoms with Gasteiger partial charge in [0.05, 0.1) is 0 Å². The number of halogens is 1. The molecule has 2 atom stereocenters. The molecular formula is C13H17BrN2O2S. The lowest BCUT2D eigenvalue weighted by Gasteiger charge is -2.26. The van der Waals surface area contributed by atoms with Gasteiger partial charge in [0.15, 0.2) is 0 Å². The van der Waals surface area contributed by atoms with E-state index in [1.807, 2.05) is 12.1 Å². The monoisotopic (exact) mass is 344 g/mol. The molecule has 1 heterocycles. The van der Waals surface area contributed by atoms with Crippen LogP contribution in [-0.2, 0) is 4.79 Å². The predicted molar refractivity (Wildman–Crippen MR) is 79.2 cm³/mol. The summed E-state index contributed by atoms with van der Waals surface area (Å²) >= 11 is 5.09. The minimum atomic E-state index is -1.03. The fourth-order valence-electron chi connectivity index (χ4n) is 2.56. The number of nitrogens with zero attached hydrogens (tertiary/aromatic N) is 1. The highest BCUT2D eigenvalue weighted by atomic mass is 79.9. The second-order valence-electron chi connectivity index (χ2n) is 4.86. The highest BCUT2D eigenvalue weighted by Crippen LogP contribution is 2.38. The van der Waals surface area contributed by atoms with Crippen LogP contribution in [0.2, 0.25) is 0 Å². The molecule has 0 spiro atoms. The largest absolute Gasteiger partial charge is 0.480 e. The molecule has 0 saturated heterocycles. The highest BCUT2D eigenvalue weighted by molar-refractivity contribution is 9.10. The van der Waals surface area contributed by atoms with Crippen molar-refractivity contribution in [1.82, 2.24) is 4.98 Å². The van der Waals surface area contributed by atoms with Crippen LogP contribution >= 0.6 is 27.7 Å². The highest BCUT2D eigenvalue weighted by Gasteiger charge is 2.45. The van der Waals surface area contributed by atoms with Crippen LogP contribution in [0.3, 0.4) is 0 Å². The number of carboxylic acid groups (broad SMARTS) is 1. The van der Waals surface area contributed by atoms with Gasteiger partial charge in [-0.1, -0.05) is 6.42 Å². The van der Waals surface area contributed by atoms with Crippen LogP contribution in [0.1, 0.15) is 25.7 Å². The van der Waals surface area contributed by atoms with E-state index in [9.17, 15) is 9.90 Å². The maximum Gasteiger partial charge on any atom is 0.323 e. The van der Waals surface area contributed by atoms with Gasteiger partial charge in [0, 0.05) is 10.7 Å². The van der Waals surface area contributed by atoms with Gasteiger partial charge in [-0.3, -0.25) is 4.79 Å².